The van der Waals surface area contributed by atoms with Crippen LogP contribution in [0.2, 0.25) is 0 Å². The fraction of sp³-hybridized carbons (Fsp3) is 0.133. The van der Waals surface area contributed by atoms with Gasteiger partial charge in [0.25, 0.3) is 5.69 Å². The first-order valence-electron chi connectivity index (χ1n) is 6.40. The number of nitro groups is 1. The van der Waals surface area contributed by atoms with E-state index in [2.05, 4.69) is 10.6 Å². The Labute approximate surface area is 121 Å². The number of hydrogen-bond donors (Lipinski definition) is 2. The fourth-order valence-electron chi connectivity index (χ4n) is 1.89. The van der Waals surface area contributed by atoms with Gasteiger partial charge in [-0.25, -0.2) is 4.79 Å². The number of rotatable bonds is 4. The molecule has 2 aromatic rings. The third-order valence-corrected chi connectivity index (χ3v) is 3.02. The van der Waals surface area contributed by atoms with E-state index in [1.54, 1.807) is 24.3 Å². The molecule has 21 heavy (non-hydrogen) atoms. The largest absolute Gasteiger partial charge is 0.334 e. The molecular formula is C15H15N3O3. The summed E-state index contributed by atoms with van der Waals surface area (Å²) in [5.74, 6) is 0. The molecule has 0 aliphatic rings. The molecule has 6 heteroatoms. The number of nitrogens with one attached hydrogen (secondary N) is 2. The first kappa shape index (κ1) is 14.5. The molecule has 108 valence electrons. The van der Waals surface area contributed by atoms with Gasteiger partial charge in [-0.1, -0.05) is 36.4 Å². The highest BCUT2D eigenvalue weighted by Gasteiger charge is 2.13. The van der Waals surface area contributed by atoms with E-state index in [1.807, 2.05) is 25.1 Å². The molecule has 0 bridgehead atoms. The lowest BCUT2D eigenvalue weighted by molar-refractivity contribution is -0.385. The molecule has 0 saturated carbocycles. The Hall–Kier alpha value is -2.89. The Morgan fingerprint density at radius 1 is 1.14 bits per heavy atom. The van der Waals surface area contributed by atoms with Gasteiger partial charge in [-0.2, -0.15) is 0 Å². The lowest BCUT2D eigenvalue weighted by atomic mass is 10.2. The Morgan fingerprint density at radius 2 is 1.81 bits per heavy atom. The van der Waals surface area contributed by atoms with Gasteiger partial charge < -0.3 is 10.6 Å². The molecule has 0 saturated heterocycles. The highest BCUT2D eigenvalue weighted by molar-refractivity contribution is 5.90. The molecule has 6 nitrogen and oxygen atoms in total. The van der Waals surface area contributed by atoms with Gasteiger partial charge in [0.1, 0.15) is 0 Å². The van der Waals surface area contributed by atoms with E-state index >= 15 is 0 Å². The van der Waals surface area contributed by atoms with E-state index in [4.69, 9.17) is 0 Å². The van der Waals surface area contributed by atoms with Crippen LogP contribution >= 0.6 is 0 Å². The predicted octanol–water partition coefficient (Wildman–Crippen LogP) is 3.22. The van der Waals surface area contributed by atoms with E-state index in [9.17, 15) is 14.9 Å². The zero-order valence-corrected chi connectivity index (χ0v) is 11.5. The minimum Gasteiger partial charge on any atom is -0.334 e. The second-order valence-electron chi connectivity index (χ2n) is 4.51. The minimum absolute atomic E-state index is 0.00584. The summed E-state index contributed by atoms with van der Waals surface area (Å²) in [6.45, 7) is 1.98. The third-order valence-electron chi connectivity index (χ3n) is 3.02. The molecule has 0 radical (unpaired) electrons. The topological polar surface area (TPSA) is 84.3 Å². The van der Waals surface area contributed by atoms with Gasteiger partial charge in [0, 0.05) is 17.3 Å². The first-order chi connectivity index (χ1) is 10.1. The van der Waals surface area contributed by atoms with Gasteiger partial charge in [-0.15, -0.1) is 0 Å². The summed E-state index contributed by atoms with van der Waals surface area (Å²) in [7, 11) is 0. The van der Waals surface area contributed by atoms with E-state index in [0.717, 1.165) is 5.56 Å². The first-order valence-corrected chi connectivity index (χ1v) is 6.40. The predicted molar refractivity (Wildman–Crippen MR) is 80.1 cm³/mol. The number of aryl methyl sites for hydroxylation is 1. The summed E-state index contributed by atoms with van der Waals surface area (Å²) in [5, 5.41) is 16.2. The number of para-hydroxylation sites is 2. The van der Waals surface area contributed by atoms with Gasteiger partial charge in [0.15, 0.2) is 0 Å². The molecule has 2 N–H and O–H groups in total. The zero-order valence-electron chi connectivity index (χ0n) is 11.5. The maximum atomic E-state index is 11.8. The van der Waals surface area contributed by atoms with Crippen molar-refractivity contribution in [3.8, 4) is 0 Å². The van der Waals surface area contributed by atoms with Crippen molar-refractivity contribution in [1.29, 1.82) is 0 Å². The van der Waals surface area contributed by atoms with E-state index < -0.39 is 11.0 Å². The number of carbonyl (C=O) groups excluding carboxylic acids is 1. The van der Waals surface area contributed by atoms with Crippen LogP contribution in [0.15, 0.2) is 48.5 Å². The SMILES string of the molecule is Cc1ccccc1NC(=O)NCc1ccccc1[N+](=O)[O-]. The summed E-state index contributed by atoms with van der Waals surface area (Å²) in [6.07, 6.45) is 0. The van der Waals surface area contributed by atoms with Crippen LogP contribution in [0.3, 0.4) is 0 Å². The molecule has 0 spiro atoms. The molecule has 0 aliphatic carbocycles. The van der Waals surface area contributed by atoms with Crippen molar-refractivity contribution >= 4 is 17.4 Å². The molecule has 0 fully saturated rings. The Kier molecular flexibility index (Phi) is 4.50. The van der Waals surface area contributed by atoms with Crippen LogP contribution in [0, 0.1) is 17.0 Å². The van der Waals surface area contributed by atoms with Crippen LogP contribution in [0.1, 0.15) is 11.1 Å². The lowest BCUT2D eigenvalue weighted by Gasteiger charge is -2.09. The molecule has 0 aliphatic heterocycles. The van der Waals surface area contributed by atoms with Crippen molar-refractivity contribution in [2.24, 2.45) is 0 Å². The monoisotopic (exact) mass is 285 g/mol. The zero-order chi connectivity index (χ0) is 15.2. The highest BCUT2D eigenvalue weighted by Crippen LogP contribution is 2.17. The number of amides is 2. The third kappa shape index (κ3) is 3.79. The van der Waals surface area contributed by atoms with Crippen LogP contribution in [0.4, 0.5) is 16.2 Å². The molecule has 0 unspecified atom stereocenters. The van der Waals surface area contributed by atoms with Crippen molar-refractivity contribution in [3.05, 3.63) is 69.8 Å². The van der Waals surface area contributed by atoms with Gasteiger partial charge >= 0.3 is 6.03 Å². The minimum atomic E-state index is -0.462. The van der Waals surface area contributed by atoms with Crippen LogP contribution in [0.25, 0.3) is 0 Å². The molecule has 0 atom stereocenters. The number of carbonyl (C=O) groups is 1. The summed E-state index contributed by atoms with van der Waals surface area (Å²) < 4.78 is 0. The number of nitrogens with zero attached hydrogens (tertiary/aromatic N) is 1. The Bertz CT molecular complexity index is 671. The van der Waals surface area contributed by atoms with Crippen molar-refractivity contribution in [3.63, 3.8) is 0 Å². The molecule has 0 aromatic heterocycles. The Morgan fingerprint density at radius 3 is 2.52 bits per heavy atom. The smallest absolute Gasteiger partial charge is 0.319 e. The van der Waals surface area contributed by atoms with Crippen LogP contribution in [-0.2, 0) is 6.54 Å². The summed E-state index contributed by atoms with van der Waals surface area (Å²) >= 11 is 0. The van der Waals surface area contributed by atoms with E-state index in [1.165, 1.54) is 6.07 Å². The molecule has 2 amide bonds. The maximum Gasteiger partial charge on any atom is 0.319 e. The van der Waals surface area contributed by atoms with Crippen molar-refractivity contribution in [1.82, 2.24) is 5.32 Å². The van der Waals surface area contributed by atoms with Crippen molar-refractivity contribution < 1.29 is 9.72 Å². The number of hydrogen-bond acceptors (Lipinski definition) is 3. The number of nitro benzene ring substituents is 1. The van der Waals surface area contributed by atoms with Gasteiger partial charge in [0.05, 0.1) is 11.5 Å². The van der Waals surface area contributed by atoms with Crippen LogP contribution in [0.5, 0.6) is 0 Å². The number of urea groups is 1. The van der Waals surface area contributed by atoms with E-state index in [-0.39, 0.29) is 12.2 Å². The number of anilines is 1. The quantitative estimate of drug-likeness (QED) is 0.668. The van der Waals surface area contributed by atoms with Crippen molar-refractivity contribution in [2.45, 2.75) is 13.5 Å². The van der Waals surface area contributed by atoms with Gasteiger partial charge in [-0.05, 0) is 18.6 Å². The average Bonchev–Trinajstić information content (AvgIpc) is 2.48. The summed E-state index contributed by atoms with van der Waals surface area (Å²) in [5.41, 5.74) is 2.10. The molecule has 2 rings (SSSR count). The molecule has 0 heterocycles. The summed E-state index contributed by atoms with van der Waals surface area (Å²) in [4.78, 5) is 22.2. The van der Waals surface area contributed by atoms with Crippen LogP contribution in [-0.4, -0.2) is 11.0 Å². The van der Waals surface area contributed by atoms with Crippen LogP contribution < -0.4 is 10.6 Å². The second kappa shape index (κ2) is 6.51. The number of benzene rings is 2. The van der Waals surface area contributed by atoms with Gasteiger partial charge in [-0.3, -0.25) is 10.1 Å². The second-order valence-corrected chi connectivity index (χ2v) is 4.51. The van der Waals surface area contributed by atoms with E-state index in [0.29, 0.717) is 11.3 Å². The Balaban J connectivity index is 1.99. The molecule has 2 aromatic carbocycles. The highest BCUT2D eigenvalue weighted by atomic mass is 16.6. The van der Waals surface area contributed by atoms with Crippen molar-refractivity contribution in [2.75, 3.05) is 5.32 Å². The lowest BCUT2D eigenvalue weighted by Crippen LogP contribution is -2.28. The standard InChI is InChI=1S/C15H15N3O3/c1-11-6-2-4-8-13(11)17-15(19)16-10-12-7-3-5-9-14(12)18(20)21/h2-9H,10H2,1H3,(H2,16,17,19). The fourth-order valence-corrected chi connectivity index (χ4v) is 1.89. The average molecular weight is 285 g/mol. The summed E-state index contributed by atoms with van der Waals surface area (Å²) in [6, 6.07) is 13.3. The maximum absolute atomic E-state index is 11.8. The molecular weight excluding hydrogens is 270 g/mol. The van der Waals surface area contributed by atoms with Gasteiger partial charge in [0.2, 0.25) is 0 Å². The normalized spacial score (nSPS) is 9.95.